The molecule has 0 bridgehead atoms. The van der Waals surface area contributed by atoms with Crippen molar-refractivity contribution in [3.05, 3.63) is 0 Å². The van der Waals surface area contributed by atoms with Gasteiger partial charge in [-0.2, -0.15) is 0 Å². The molecule has 0 radical (unpaired) electrons. The molecule has 0 aliphatic heterocycles. The van der Waals surface area contributed by atoms with Gasteiger partial charge in [-0.3, -0.25) is 0 Å². The molecule has 0 amide bonds. The molecule has 3 nitrogen and oxygen atoms in total. The van der Waals surface area contributed by atoms with Crippen molar-refractivity contribution in [1.29, 1.82) is 0 Å². The summed E-state index contributed by atoms with van der Waals surface area (Å²) in [5.41, 5.74) is 11.4. The first-order valence-electron chi connectivity index (χ1n) is 5.03. The molecule has 1 saturated carbocycles. The van der Waals surface area contributed by atoms with E-state index in [1.54, 1.807) is 0 Å². The highest BCUT2D eigenvalue weighted by Gasteiger charge is 2.20. The molecule has 0 aromatic heterocycles. The maximum atomic E-state index is 5.97. The Hall–Kier alpha value is -0.120. The molecule has 2 unspecified atom stereocenters. The maximum absolute atomic E-state index is 5.97. The summed E-state index contributed by atoms with van der Waals surface area (Å²) in [6.45, 7) is 1.80. The molecule has 2 atom stereocenters. The number of rotatable bonds is 4. The second kappa shape index (κ2) is 5.51. The summed E-state index contributed by atoms with van der Waals surface area (Å²) in [6, 6.07) is 0.918. The molecular weight excluding hydrogens is 150 g/mol. The Morgan fingerprint density at radius 3 is 2.67 bits per heavy atom. The summed E-state index contributed by atoms with van der Waals surface area (Å²) in [6.07, 6.45) is 6.11. The lowest BCUT2D eigenvalue weighted by molar-refractivity contribution is 0.328. The minimum absolute atomic E-state index is 0.372. The molecule has 3 heteroatoms. The topological polar surface area (TPSA) is 64.1 Å². The van der Waals surface area contributed by atoms with Crippen molar-refractivity contribution in [1.82, 2.24) is 5.32 Å². The van der Waals surface area contributed by atoms with Crippen LogP contribution in [0.15, 0.2) is 0 Å². The standard InChI is InChI=1S/C9H21N3/c10-6-3-7-12-9-5-2-1-4-8(9)11/h8-9,12H,1-7,10-11H2. The summed E-state index contributed by atoms with van der Waals surface area (Å²) in [7, 11) is 0. The zero-order valence-electron chi connectivity index (χ0n) is 7.76. The minimum atomic E-state index is 0.372. The summed E-state index contributed by atoms with van der Waals surface area (Å²) < 4.78 is 0. The lowest BCUT2D eigenvalue weighted by Gasteiger charge is -2.29. The molecule has 1 aliphatic carbocycles. The Morgan fingerprint density at radius 1 is 1.25 bits per heavy atom. The van der Waals surface area contributed by atoms with Crippen LogP contribution >= 0.6 is 0 Å². The van der Waals surface area contributed by atoms with Crippen LogP contribution in [-0.4, -0.2) is 25.2 Å². The van der Waals surface area contributed by atoms with Gasteiger partial charge in [0, 0.05) is 12.1 Å². The van der Waals surface area contributed by atoms with Crippen LogP contribution in [0.25, 0.3) is 0 Å². The molecule has 72 valence electrons. The molecule has 1 aliphatic rings. The first-order chi connectivity index (χ1) is 5.84. The van der Waals surface area contributed by atoms with Gasteiger partial charge in [-0.1, -0.05) is 12.8 Å². The fraction of sp³-hybridized carbons (Fsp3) is 1.00. The number of hydrogen-bond acceptors (Lipinski definition) is 3. The Morgan fingerprint density at radius 2 is 2.00 bits per heavy atom. The quantitative estimate of drug-likeness (QED) is 0.529. The van der Waals surface area contributed by atoms with Gasteiger partial charge < -0.3 is 16.8 Å². The normalized spacial score (nSPS) is 30.5. The fourth-order valence-corrected chi connectivity index (χ4v) is 1.80. The van der Waals surface area contributed by atoms with Crippen LogP contribution in [0.1, 0.15) is 32.1 Å². The van der Waals surface area contributed by atoms with Crippen LogP contribution in [0.4, 0.5) is 0 Å². The van der Waals surface area contributed by atoms with E-state index in [1.807, 2.05) is 0 Å². The van der Waals surface area contributed by atoms with Crippen molar-refractivity contribution < 1.29 is 0 Å². The first-order valence-corrected chi connectivity index (χ1v) is 5.03. The van der Waals surface area contributed by atoms with Crippen LogP contribution in [0.5, 0.6) is 0 Å². The van der Waals surface area contributed by atoms with Crippen LogP contribution in [-0.2, 0) is 0 Å². The Balaban J connectivity index is 2.11. The van der Waals surface area contributed by atoms with Crippen LogP contribution in [0.2, 0.25) is 0 Å². The average molecular weight is 171 g/mol. The van der Waals surface area contributed by atoms with Gasteiger partial charge in [0.1, 0.15) is 0 Å². The third-order valence-corrected chi connectivity index (χ3v) is 2.61. The molecule has 0 heterocycles. The minimum Gasteiger partial charge on any atom is -0.330 e. The molecule has 0 spiro atoms. The van der Waals surface area contributed by atoms with E-state index in [0.29, 0.717) is 12.1 Å². The molecule has 12 heavy (non-hydrogen) atoms. The van der Waals surface area contributed by atoms with Gasteiger partial charge in [-0.25, -0.2) is 0 Å². The molecule has 0 saturated heterocycles. The summed E-state index contributed by atoms with van der Waals surface area (Å²) in [5.74, 6) is 0. The second-order valence-corrected chi connectivity index (χ2v) is 3.65. The third kappa shape index (κ3) is 3.09. The van der Waals surface area contributed by atoms with Crippen molar-refractivity contribution in [2.24, 2.45) is 11.5 Å². The first kappa shape index (κ1) is 9.96. The smallest absolute Gasteiger partial charge is 0.0219 e. The van der Waals surface area contributed by atoms with Gasteiger partial charge in [0.05, 0.1) is 0 Å². The maximum Gasteiger partial charge on any atom is 0.0219 e. The highest BCUT2D eigenvalue weighted by molar-refractivity contribution is 4.83. The predicted octanol–water partition coefficient (Wildman–Crippen LogP) is 0.195. The van der Waals surface area contributed by atoms with E-state index in [9.17, 15) is 0 Å². The van der Waals surface area contributed by atoms with Gasteiger partial charge in [-0.05, 0) is 32.4 Å². The summed E-state index contributed by atoms with van der Waals surface area (Å²) in [4.78, 5) is 0. The van der Waals surface area contributed by atoms with E-state index < -0.39 is 0 Å². The predicted molar refractivity (Wildman–Crippen MR) is 51.9 cm³/mol. The van der Waals surface area contributed by atoms with E-state index in [4.69, 9.17) is 11.5 Å². The van der Waals surface area contributed by atoms with Crippen molar-refractivity contribution in [2.75, 3.05) is 13.1 Å². The Labute approximate surface area is 74.9 Å². The summed E-state index contributed by atoms with van der Waals surface area (Å²) >= 11 is 0. The van der Waals surface area contributed by atoms with Gasteiger partial charge in [0.15, 0.2) is 0 Å². The third-order valence-electron chi connectivity index (χ3n) is 2.61. The van der Waals surface area contributed by atoms with Crippen molar-refractivity contribution in [3.8, 4) is 0 Å². The van der Waals surface area contributed by atoms with E-state index in [2.05, 4.69) is 5.32 Å². The van der Waals surface area contributed by atoms with Crippen molar-refractivity contribution in [2.45, 2.75) is 44.2 Å². The van der Waals surface area contributed by atoms with Gasteiger partial charge >= 0.3 is 0 Å². The zero-order valence-corrected chi connectivity index (χ0v) is 7.76. The number of nitrogens with one attached hydrogen (secondary N) is 1. The lowest BCUT2D eigenvalue weighted by Crippen LogP contribution is -2.47. The molecule has 5 N–H and O–H groups in total. The van der Waals surface area contributed by atoms with Gasteiger partial charge in [0.2, 0.25) is 0 Å². The van der Waals surface area contributed by atoms with Crippen molar-refractivity contribution >= 4 is 0 Å². The van der Waals surface area contributed by atoms with Gasteiger partial charge in [0.25, 0.3) is 0 Å². The van der Waals surface area contributed by atoms with E-state index in [1.165, 1.54) is 25.7 Å². The van der Waals surface area contributed by atoms with E-state index in [-0.39, 0.29) is 0 Å². The highest BCUT2D eigenvalue weighted by Crippen LogP contribution is 2.16. The molecule has 0 aromatic carbocycles. The monoisotopic (exact) mass is 171 g/mol. The van der Waals surface area contributed by atoms with E-state index in [0.717, 1.165) is 19.5 Å². The summed E-state index contributed by atoms with van der Waals surface area (Å²) in [5, 5.41) is 3.47. The zero-order chi connectivity index (χ0) is 8.81. The average Bonchev–Trinajstić information content (AvgIpc) is 2.09. The lowest BCUT2D eigenvalue weighted by atomic mass is 9.91. The highest BCUT2D eigenvalue weighted by atomic mass is 15.0. The van der Waals surface area contributed by atoms with Crippen LogP contribution < -0.4 is 16.8 Å². The molecule has 1 fully saturated rings. The Bertz CT molecular complexity index is 116. The van der Waals surface area contributed by atoms with Crippen LogP contribution in [0.3, 0.4) is 0 Å². The van der Waals surface area contributed by atoms with Gasteiger partial charge in [-0.15, -0.1) is 0 Å². The molecule has 1 rings (SSSR count). The van der Waals surface area contributed by atoms with Crippen LogP contribution in [0, 0.1) is 0 Å². The number of hydrogen-bond donors (Lipinski definition) is 3. The molecule has 0 aromatic rings. The molecular formula is C9H21N3. The largest absolute Gasteiger partial charge is 0.330 e. The fourth-order valence-electron chi connectivity index (χ4n) is 1.80. The Kier molecular flexibility index (Phi) is 4.58. The SMILES string of the molecule is NCCCNC1CCCCC1N. The second-order valence-electron chi connectivity index (χ2n) is 3.65. The van der Waals surface area contributed by atoms with Crippen molar-refractivity contribution in [3.63, 3.8) is 0 Å². The van der Waals surface area contributed by atoms with E-state index >= 15 is 0 Å². The number of nitrogens with two attached hydrogens (primary N) is 2.